The second-order valence-corrected chi connectivity index (χ2v) is 23.2. The second kappa shape index (κ2) is 58.1. The van der Waals surface area contributed by atoms with Crippen LogP contribution in [0.2, 0.25) is 0 Å². The molecule has 1 amide bonds. The van der Waals surface area contributed by atoms with Crippen LogP contribution in [0.25, 0.3) is 0 Å². The largest absolute Gasteiger partial charge is 0.394 e. The summed E-state index contributed by atoms with van der Waals surface area (Å²) in [6, 6.07) is -0.730. The zero-order valence-corrected chi connectivity index (χ0v) is 50.9. The molecule has 0 spiro atoms. The van der Waals surface area contributed by atoms with E-state index in [4.69, 9.17) is 9.47 Å². The Morgan fingerprint density at radius 2 is 0.795 bits per heavy atom. The van der Waals surface area contributed by atoms with Gasteiger partial charge in [0.2, 0.25) is 5.91 Å². The lowest BCUT2D eigenvalue weighted by molar-refractivity contribution is -0.302. The molecular formula is C69H127NO8. The molecule has 1 fully saturated rings. The molecule has 0 aromatic carbocycles. The van der Waals surface area contributed by atoms with Crippen LogP contribution in [0, 0.1) is 0 Å². The summed E-state index contributed by atoms with van der Waals surface area (Å²) < 4.78 is 11.4. The highest BCUT2D eigenvalue weighted by molar-refractivity contribution is 5.76. The minimum Gasteiger partial charge on any atom is -0.394 e. The lowest BCUT2D eigenvalue weighted by Crippen LogP contribution is -2.60. The number of ether oxygens (including phenoxy) is 2. The van der Waals surface area contributed by atoms with Crippen molar-refractivity contribution in [3.63, 3.8) is 0 Å². The summed E-state index contributed by atoms with van der Waals surface area (Å²) in [5.41, 5.74) is 0. The van der Waals surface area contributed by atoms with Gasteiger partial charge in [0, 0.05) is 6.42 Å². The quantitative estimate of drug-likeness (QED) is 0.0261. The molecular weight excluding hydrogens is 971 g/mol. The zero-order valence-electron chi connectivity index (χ0n) is 50.9. The fraction of sp³-hybridized carbons (Fsp3) is 0.841. The van der Waals surface area contributed by atoms with Crippen LogP contribution >= 0.6 is 0 Å². The number of hydrogen-bond donors (Lipinski definition) is 6. The standard InChI is InChI=1S/C69H127NO8/c1-3-5-7-9-11-13-15-17-19-21-23-25-27-28-29-30-31-32-33-34-35-37-38-40-42-44-46-48-50-52-54-56-58-63(72)62(61-77-69-68(76)67(75)66(74)64(60-71)78-69)70-65(73)59-57-55-53-51-49-47-45-43-41-39-36-26-24-22-20-18-16-14-12-10-8-6-4-2/h6,8,12,14,18,20,24,26,39,41,62-64,66-69,71-72,74-76H,3-5,7,9-11,13,15-17,19,21-23,25,27-38,40,42-61H2,1-2H3,(H,70,73)/b8-6-,14-12-,20-18-,26-24-,41-39-. The van der Waals surface area contributed by atoms with Gasteiger partial charge in [-0.3, -0.25) is 4.79 Å². The van der Waals surface area contributed by atoms with Crippen LogP contribution in [0.1, 0.15) is 316 Å². The molecule has 0 aromatic rings. The highest BCUT2D eigenvalue weighted by atomic mass is 16.7. The molecule has 78 heavy (non-hydrogen) atoms. The van der Waals surface area contributed by atoms with Gasteiger partial charge < -0.3 is 40.3 Å². The van der Waals surface area contributed by atoms with Crippen molar-refractivity contribution in [2.75, 3.05) is 13.2 Å². The lowest BCUT2D eigenvalue weighted by atomic mass is 9.99. The summed E-state index contributed by atoms with van der Waals surface area (Å²) in [7, 11) is 0. The van der Waals surface area contributed by atoms with E-state index < -0.39 is 49.5 Å². The molecule has 1 aliphatic heterocycles. The van der Waals surface area contributed by atoms with Crippen molar-refractivity contribution in [1.82, 2.24) is 5.32 Å². The van der Waals surface area contributed by atoms with Gasteiger partial charge in [0.05, 0.1) is 25.4 Å². The smallest absolute Gasteiger partial charge is 0.220 e. The Bertz CT molecular complexity index is 1410. The molecule has 0 saturated carbocycles. The molecule has 0 aromatic heterocycles. The number of nitrogens with one attached hydrogen (secondary N) is 1. The van der Waals surface area contributed by atoms with Crippen molar-refractivity contribution < 1.29 is 39.8 Å². The van der Waals surface area contributed by atoms with Crippen LogP contribution in [0.5, 0.6) is 0 Å². The highest BCUT2D eigenvalue weighted by Gasteiger charge is 2.44. The topological polar surface area (TPSA) is 149 Å². The van der Waals surface area contributed by atoms with Crippen molar-refractivity contribution in [3.8, 4) is 0 Å². The SMILES string of the molecule is CC/C=C\C/C=C\C/C=C\C/C=C\C/C=C\CCCCCCCCCC(=O)NC(COC1OC(CO)C(O)C(O)C1O)C(O)CCCCCCCCCCCCCCCCCCCCCCCCCCCCCCCCCC. The molecule has 1 rings (SSSR count). The van der Waals surface area contributed by atoms with Crippen molar-refractivity contribution in [2.24, 2.45) is 0 Å². The van der Waals surface area contributed by atoms with Crippen molar-refractivity contribution >= 4 is 5.91 Å². The normalized spacial score (nSPS) is 19.0. The predicted octanol–water partition coefficient (Wildman–Crippen LogP) is 17.8. The third-order valence-electron chi connectivity index (χ3n) is 15.9. The number of hydrogen-bond acceptors (Lipinski definition) is 8. The third-order valence-corrected chi connectivity index (χ3v) is 15.9. The average molecular weight is 1100 g/mol. The first kappa shape index (κ1) is 73.9. The maximum absolute atomic E-state index is 13.1. The molecule has 0 bridgehead atoms. The molecule has 1 saturated heterocycles. The number of unbranched alkanes of at least 4 members (excludes halogenated alkanes) is 38. The maximum atomic E-state index is 13.1. The maximum Gasteiger partial charge on any atom is 0.220 e. The number of carbonyl (C=O) groups is 1. The van der Waals surface area contributed by atoms with E-state index in [1.165, 1.54) is 205 Å². The van der Waals surface area contributed by atoms with Crippen LogP contribution < -0.4 is 5.32 Å². The number of rotatable bonds is 58. The van der Waals surface area contributed by atoms with Gasteiger partial charge in [-0.2, -0.15) is 0 Å². The minimum atomic E-state index is -1.56. The predicted molar refractivity (Wildman–Crippen MR) is 332 cm³/mol. The number of amides is 1. The molecule has 456 valence electrons. The Labute approximate surface area is 481 Å². The van der Waals surface area contributed by atoms with Gasteiger partial charge in [-0.15, -0.1) is 0 Å². The zero-order chi connectivity index (χ0) is 56.5. The van der Waals surface area contributed by atoms with E-state index in [0.29, 0.717) is 12.8 Å². The van der Waals surface area contributed by atoms with Gasteiger partial charge in [-0.05, 0) is 57.8 Å². The van der Waals surface area contributed by atoms with Crippen molar-refractivity contribution in [1.29, 1.82) is 0 Å². The van der Waals surface area contributed by atoms with Gasteiger partial charge >= 0.3 is 0 Å². The van der Waals surface area contributed by atoms with E-state index in [2.05, 4.69) is 79.9 Å². The number of aliphatic hydroxyl groups is 5. The minimum absolute atomic E-state index is 0.144. The lowest BCUT2D eigenvalue weighted by Gasteiger charge is -2.40. The molecule has 1 aliphatic rings. The van der Waals surface area contributed by atoms with Crippen LogP contribution in [0.3, 0.4) is 0 Å². The third kappa shape index (κ3) is 46.5. The molecule has 7 atom stereocenters. The Morgan fingerprint density at radius 3 is 1.18 bits per heavy atom. The Morgan fingerprint density at radius 1 is 0.449 bits per heavy atom. The first-order valence-electron chi connectivity index (χ1n) is 33.5. The first-order valence-corrected chi connectivity index (χ1v) is 33.5. The molecule has 0 aliphatic carbocycles. The van der Waals surface area contributed by atoms with Gasteiger partial charge in [0.25, 0.3) is 0 Å². The molecule has 6 N–H and O–H groups in total. The number of aliphatic hydroxyl groups excluding tert-OH is 5. The van der Waals surface area contributed by atoms with Crippen LogP contribution in [0.15, 0.2) is 60.8 Å². The van der Waals surface area contributed by atoms with Crippen molar-refractivity contribution in [3.05, 3.63) is 60.8 Å². The monoisotopic (exact) mass is 1100 g/mol. The molecule has 9 nitrogen and oxygen atoms in total. The van der Waals surface area contributed by atoms with Crippen molar-refractivity contribution in [2.45, 2.75) is 358 Å². The van der Waals surface area contributed by atoms with Crippen LogP contribution in [-0.4, -0.2) is 87.5 Å². The average Bonchev–Trinajstić information content (AvgIpc) is 3.45. The van der Waals surface area contributed by atoms with Crippen LogP contribution in [0.4, 0.5) is 0 Å². The fourth-order valence-electron chi connectivity index (χ4n) is 10.7. The molecule has 9 heteroatoms. The Balaban J connectivity index is 2.13. The Hall–Kier alpha value is -2.11. The summed E-state index contributed by atoms with van der Waals surface area (Å²) in [5.74, 6) is -0.153. The Kier molecular flexibility index (Phi) is 55.0. The van der Waals surface area contributed by atoms with E-state index in [-0.39, 0.29) is 12.5 Å². The van der Waals surface area contributed by atoms with Gasteiger partial charge in [-0.25, -0.2) is 0 Å². The molecule has 0 radical (unpaired) electrons. The van der Waals surface area contributed by atoms with E-state index in [1.807, 2.05) is 0 Å². The summed E-state index contributed by atoms with van der Waals surface area (Å²) in [6.07, 6.45) is 72.8. The summed E-state index contributed by atoms with van der Waals surface area (Å²) >= 11 is 0. The van der Waals surface area contributed by atoms with E-state index in [0.717, 1.165) is 83.5 Å². The van der Waals surface area contributed by atoms with E-state index >= 15 is 0 Å². The number of carbonyl (C=O) groups excluding carboxylic acids is 1. The highest BCUT2D eigenvalue weighted by Crippen LogP contribution is 2.24. The van der Waals surface area contributed by atoms with Crippen LogP contribution in [-0.2, 0) is 14.3 Å². The van der Waals surface area contributed by atoms with Gasteiger partial charge in [0.15, 0.2) is 6.29 Å². The first-order chi connectivity index (χ1) is 38.3. The summed E-state index contributed by atoms with van der Waals surface area (Å²) in [5, 5.41) is 54.9. The summed E-state index contributed by atoms with van der Waals surface area (Å²) in [4.78, 5) is 13.1. The second-order valence-electron chi connectivity index (χ2n) is 23.2. The number of allylic oxidation sites excluding steroid dienone is 10. The molecule has 7 unspecified atom stereocenters. The van der Waals surface area contributed by atoms with Gasteiger partial charge in [-0.1, -0.05) is 312 Å². The molecule has 1 heterocycles. The van der Waals surface area contributed by atoms with E-state index in [1.54, 1.807) is 0 Å². The van der Waals surface area contributed by atoms with E-state index in [9.17, 15) is 30.3 Å². The van der Waals surface area contributed by atoms with Gasteiger partial charge in [0.1, 0.15) is 24.4 Å². The fourth-order valence-corrected chi connectivity index (χ4v) is 10.7. The summed E-state index contributed by atoms with van der Waals surface area (Å²) in [6.45, 7) is 3.75.